The molecule has 3 aromatic carbocycles. The van der Waals surface area contributed by atoms with E-state index < -0.39 is 0 Å². The largest absolute Gasteiger partial charge is 0.383 e. The van der Waals surface area contributed by atoms with Crippen molar-refractivity contribution in [3.8, 4) is 16.9 Å². The molecule has 0 aliphatic heterocycles. The number of nitrogens with zero attached hydrogens (tertiary/aromatic N) is 3. The minimum atomic E-state index is -0.342. The number of amides is 2. The summed E-state index contributed by atoms with van der Waals surface area (Å²) in [7, 11) is 1.57. The highest BCUT2D eigenvalue weighted by atomic mass is 16.5. The molecule has 0 fully saturated rings. The molecule has 0 aliphatic carbocycles. The van der Waals surface area contributed by atoms with Gasteiger partial charge < -0.3 is 9.64 Å². The van der Waals surface area contributed by atoms with Crippen LogP contribution in [0.4, 0.5) is 5.95 Å². The van der Waals surface area contributed by atoms with Gasteiger partial charge in [-0.3, -0.25) is 19.5 Å². The molecule has 0 spiro atoms. The van der Waals surface area contributed by atoms with E-state index in [1.54, 1.807) is 31.4 Å². The number of imidazole rings is 1. The average Bonchev–Trinajstić information content (AvgIpc) is 3.32. The monoisotopic (exact) mass is 482 g/mol. The average molecular weight is 483 g/mol. The highest BCUT2D eigenvalue weighted by molar-refractivity contribution is 5.99. The van der Waals surface area contributed by atoms with Crippen molar-refractivity contribution in [1.82, 2.24) is 14.5 Å². The summed E-state index contributed by atoms with van der Waals surface area (Å²) in [4.78, 5) is 32.4. The van der Waals surface area contributed by atoms with Crippen molar-refractivity contribution in [2.75, 3.05) is 32.1 Å². The maximum Gasteiger partial charge on any atom is 0.254 e. The quantitative estimate of drug-likeness (QED) is 0.369. The molecule has 7 nitrogen and oxygen atoms in total. The molecule has 4 aromatic rings. The number of carbonyl (C=O) groups is 2. The van der Waals surface area contributed by atoms with Crippen molar-refractivity contribution >= 4 is 17.8 Å². The van der Waals surface area contributed by atoms with E-state index in [2.05, 4.69) is 25.2 Å². The highest BCUT2D eigenvalue weighted by Gasteiger charge is 2.21. The smallest absolute Gasteiger partial charge is 0.254 e. The van der Waals surface area contributed by atoms with E-state index >= 15 is 0 Å². The zero-order valence-corrected chi connectivity index (χ0v) is 20.8. The Labute approximate surface area is 211 Å². The van der Waals surface area contributed by atoms with Crippen LogP contribution in [0.15, 0.2) is 85.1 Å². The van der Waals surface area contributed by atoms with Gasteiger partial charge in [0, 0.05) is 36.7 Å². The van der Waals surface area contributed by atoms with Gasteiger partial charge in [-0.2, -0.15) is 0 Å². The first-order valence-electron chi connectivity index (χ1n) is 11.8. The molecular formula is C29H30N4O3. The number of ether oxygens (including phenoxy) is 1. The van der Waals surface area contributed by atoms with Crippen LogP contribution in [0.2, 0.25) is 0 Å². The van der Waals surface area contributed by atoms with Crippen molar-refractivity contribution in [3.05, 3.63) is 102 Å². The van der Waals surface area contributed by atoms with Gasteiger partial charge in [0.25, 0.3) is 5.91 Å². The molecule has 4 rings (SSSR count). The number of hydrogen-bond donors (Lipinski definition) is 1. The minimum absolute atomic E-state index is 0.127. The molecule has 1 heterocycles. The molecule has 0 aliphatic rings. The van der Waals surface area contributed by atoms with Crippen molar-refractivity contribution in [3.63, 3.8) is 0 Å². The molecule has 0 saturated heterocycles. The lowest BCUT2D eigenvalue weighted by Crippen LogP contribution is -2.40. The number of aryl methyl sites for hydroxylation is 2. The van der Waals surface area contributed by atoms with E-state index in [4.69, 9.17) is 9.72 Å². The van der Waals surface area contributed by atoms with Gasteiger partial charge >= 0.3 is 0 Å². The first kappa shape index (κ1) is 24.9. The Morgan fingerprint density at radius 2 is 1.64 bits per heavy atom. The maximum absolute atomic E-state index is 13.2. The Bertz CT molecular complexity index is 1330. The Hall–Kier alpha value is -4.23. The number of methoxy groups -OCH3 is 1. The number of hydrogen-bond acceptors (Lipinski definition) is 4. The lowest BCUT2D eigenvalue weighted by molar-refractivity contribution is -0.117. The second kappa shape index (κ2) is 11.5. The van der Waals surface area contributed by atoms with Crippen molar-refractivity contribution < 1.29 is 14.3 Å². The maximum atomic E-state index is 13.2. The van der Waals surface area contributed by atoms with Crippen molar-refractivity contribution in [2.24, 2.45) is 0 Å². The van der Waals surface area contributed by atoms with E-state index in [0.717, 1.165) is 22.5 Å². The Morgan fingerprint density at radius 1 is 0.944 bits per heavy atom. The standard InChI is InChI=1S/C29H30N4O3/c1-21-14-15-25(18-22(21)2)33-19-26(23-10-6-4-7-11-23)30-29(33)31-27(34)20-32(16-17-36-3)28(35)24-12-8-5-9-13-24/h4-15,18-19H,16-17,20H2,1-3H3,(H,30,31,34). The third kappa shape index (κ3) is 5.87. The third-order valence-corrected chi connectivity index (χ3v) is 6.00. The second-order valence-corrected chi connectivity index (χ2v) is 8.59. The lowest BCUT2D eigenvalue weighted by Gasteiger charge is -2.22. The zero-order chi connectivity index (χ0) is 25.5. The van der Waals surface area contributed by atoms with E-state index in [1.165, 1.54) is 10.5 Å². The molecule has 0 radical (unpaired) electrons. The summed E-state index contributed by atoms with van der Waals surface area (Å²) in [5, 5.41) is 2.92. The highest BCUT2D eigenvalue weighted by Crippen LogP contribution is 2.25. The molecule has 36 heavy (non-hydrogen) atoms. The van der Waals surface area contributed by atoms with Gasteiger partial charge in [0.05, 0.1) is 12.3 Å². The minimum Gasteiger partial charge on any atom is -0.383 e. The summed E-state index contributed by atoms with van der Waals surface area (Å²) in [5.74, 6) is -0.183. The summed E-state index contributed by atoms with van der Waals surface area (Å²) in [6, 6.07) is 24.8. The van der Waals surface area contributed by atoms with Gasteiger partial charge in [-0.25, -0.2) is 4.98 Å². The molecule has 1 N–H and O–H groups in total. The summed E-state index contributed by atoms with van der Waals surface area (Å²) in [6.45, 7) is 4.59. The van der Waals surface area contributed by atoms with Crippen LogP contribution in [0, 0.1) is 13.8 Å². The van der Waals surface area contributed by atoms with Crippen LogP contribution in [-0.2, 0) is 9.53 Å². The fraction of sp³-hybridized carbons (Fsp3) is 0.207. The number of rotatable bonds is 9. The summed E-state index contributed by atoms with van der Waals surface area (Å²) in [6.07, 6.45) is 1.91. The SMILES string of the molecule is COCCN(CC(=O)Nc1nc(-c2ccccc2)cn1-c1ccc(C)c(C)c1)C(=O)c1ccccc1. The van der Waals surface area contributed by atoms with Gasteiger partial charge in [0.2, 0.25) is 11.9 Å². The molecule has 2 amide bonds. The third-order valence-electron chi connectivity index (χ3n) is 6.00. The first-order chi connectivity index (χ1) is 17.5. The number of anilines is 1. The predicted molar refractivity (Wildman–Crippen MR) is 141 cm³/mol. The van der Waals surface area contributed by atoms with Gasteiger partial charge in [-0.05, 0) is 49.2 Å². The molecule has 0 unspecified atom stereocenters. The number of carbonyl (C=O) groups excluding carboxylic acids is 2. The number of nitrogens with one attached hydrogen (secondary N) is 1. The van der Waals surface area contributed by atoms with Crippen LogP contribution in [0.5, 0.6) is 0 Å². The van der Waals surface area contributed by atoms with Gasteiger partial charge in [-0.1, -0.05) is 54.6 Å². The van der Waals surface area contributed by atoms with Crippen molar-refractivity contribution in [1.29, 1.82) is 0 Å². The van der Waals surface area contributed by atoms with Gasteiger partial charge in [0.1, 0.15) is 6.54 Å². The fourth-order valence-corrected chi connectivity index (χ4v) is 3.84. The first-order valence-corrected chi connectivity index (χ1v) is 11.8. The fourth-order valence-electron chi connectivity index (χ4n) is 3.84. The van der Waals surface area contributed by atoms with E-state index in [-0.39, 0.29) is 18.4 Å². The van der Waals surface area contributed by atoms with Crippen molar-refractivity contribution in [2.45, 2.75) is 13.8 Å². The Balaban J connectivity index is 1.62. The second-order valence-electron chi connectivity index (χ2n) is 8.59. The van der Waals surface area contributed by atoms with E-state index in [0.29, 0.717) is 24.7 Å². The van der Waals surface area contributed by atoms with E-state index in [9.17, 15) is 9.59 Å². The zero-order valence-electron chi connectivity index (χ0n) is 20.8. The van der Waals surface area contributed by atoms with Crippen LogP contribution >= 0.6 is 0 Å². The van der Waals surface area contributed by atoms with Crippen LogP contribution in [0.25, 0.3) is 16.9 Å². The molecule has 184 valence electrons. The summed E-state index contributed by atoms with van der Waals surface area (Å²) >= 11 is 0. The van der Waals surface area contributed by atoms with Gasteiger partial charge in [0.15, 0.2) is 0 Å². The van der Waals surface area contributed by atoms with Crippen LogP contribution in [0.1, 0.15) is 21.5 Å². The molecule has 1 aromatic heterocycles. The molecule has 0 atom stereocenters. The van der Waals surface area contributed by atoms with Crippen LogP contribution in [0.3, 0.4) is 0 Å². The molecule has 0 saturated carbocycles. The van der Waals surface area contributed by atoms with Crippen LogP contribution < -0.4 is 5.32 Å². The Kier molecular flexibility index (Phi) is 7.92. The summed E-state index contributed by atoms with van der Waals surface area (Å²) < 4.78 is 7.03. The van der Waals surface area contributed by atoms with Crippen LogP contribution in [-0.4, -0.2) is 53.1 Å². The molecular weight excluding hydrogens is 452 g/mol. The predicted octanol–water partition coefficient (Wildman–Crippen LogP) is 4.88. The molecule has 7 heteroatoms. The number of aromatic nitrogens is 2. The topological polar surface area (TPSA) is 76.5 Å². The van der Waals surface area contributed by atoms with Gasteiger partial charge in [-0.15, -0.1) is 0 Å². The normalized spacial score (nSPS) is 10.8. The summed E-state index contributed by atoms with van der Waals surface area (Å²) in [5.41, 5.74) is 5.40. The lowest BCUT2D eigenvalue weighted by atomic mass is 10.1. The molecule has 0 bridgehead atoms. The number of benzene rings is 3. The Morgan fingerprint density at radius 3 is 2.31 bits per heavy atom. The van der Waals surface area contributed by atoms with E-state index in [1.807, 2.05) is 59.3 Å².